The van der Waals surface area contributed by atoms with Crippen LogP contribution in [0.25, 0.3) is 0 Å². The summed E-state index contributed by atoms with van der Waals surface area (Å²) in [5.74, 6) is 0.768. The normalized spacial score (nSPS) is 18.5. The number of rotatable bonds is 2. The van der Waals surface area contributed by atoms with E-state index in [1.54, 1.807) is 0 Å². The van der Waals surface area contributed by atoms with Crippen LogP contribution in [-0.4, -0.2) is 27.8 Å². The van der Waals surface area contributed by atoms with Crippen molar-refractivity contribution in [1.82, 2.24) is 14.7 Å². The van der Waals surface area contributed by atoms with Gasteiger partial charge in [-0.3, -0.25) is 9.69 Å². The molecule has 0 spiro atoms. The molecule has 2 rings (SSSR count). The Morgan fingerprint density at radius 1 is 1.41 bits per heavy atom. The van der Waals surface area contributed by atoms with Crippen LogP contribution in [0, 0.1) is 5.92 Å². The molecular weight excluding hydrogens is 261 g/mol. The van der Waals surface area contributed by atoms with E-state index in [9.17, 15) is 4.79 Å². The van der Waals surface area contributed by atoms with Gasteiger partial charge < -0.3 is 0 Å². The second-order valence-electron chi connectivity index (χ2n) is 4.55. The molecule has 17 heavy (non-hydrogen) atoms. The van der Waals surface area contributed by atoms with Gasteiger partial charge in [0.25, 0.3) is 5.56 Å². The van der Waals surface area contributed by atoms with Crippen molar-refractivity contribution >= 4 is 23.2 Å². The molecule has 6 heteroatoms. The number of nitrogens with zero attached hydrogens (tertiary/aromatic N) is 3. The van der Waals surface area contributed by atoms with Crippen LogP contribution in [0.5, 0.6) is 0 Å². The molecule has 0 saturated carbocycles. The lowest BCUT2D eigenvalue weighted by atomic mass is 10.00. The average molecular weight is 276 g/mol. The molecule has 1 aromatic rings. The van der Waals surface area contributed by atoms with Crippen molar-refractivity contribution in [1.29, 1.82) is 0 Å². The summed E-state index contributed by atoms with van der Waals surface area (Å²) in [4.78, 5) is 14.0. The predicted octanol–water partition coefficient (Wildman–Crippen LogP) is 2.24. The molecule has 0 N–H and O–H groups in total. The lowest BCUT2D eigenvalue weighted by Crippen LogP contribution is -2.38. The van der Waals surface area contributed by atoms with Crippen molar-refractivity contribution in [2.45, 2.75) is 26.4 Å². The minimum absolute atomic E-state index is 0.0482. The first-order valence-electron chi connectivity index (χ1n) is 5.71. The van der Waals surface area contributed by atoms with E-state index in [2.05, 4.69) is 16.9 Å². The van der Waals surface area contributed by atoms with Gasteiger partial charge in [0, 0.05) is 13.1 Å². The molecule has 0 aromatic carbocycles. The van der Waals surface area contributed by atoms with Crippen molar-refractivity contribution in [2.24, 2.45) is 5.92 Å². The highest BCUT2D eigenvalue weighted by molar-refractivity contribution is 6.41. The number of likely N-dealkylation sites (tertiary alicyclic amines) is 1. The molecule has 0 aliphatic carbocycles. The van der Waals surface area contributed by atoms with Crippen LogP contribution in [0.4, 0.5) is 0 Å². The Kier molecular flexibility index (Phi) is 4.07. The lowest BCUT2D eigenvalue weighted by Gasteiger charge is -2.29. The molecule has 1 saturated heterocycles. The molecule has 0 unspecified atom stereocenters. The number of hydrogen-bond acceptors (Lipinski definition) is 3. The summed E-state index contributed by atoms with van der Waals surface area (Å²) in [6.07, 6.45) is 3.74. The van der Waals surface area contributed by atoms with Gasteiger partial charge in [-0.25, -0.2) is 4.68 Å². The van der Waals surface area contributed by atoms with Crippen LogP contribution in [0.1, 0.15) is 19.8 Å². The molecule has 0 radical (unpaired) electrons. The molecule has 94 valence electrons. The van der Waals surface area contributed by atoms with Crippen molar-refractivity contribution in [2.75, 3.05) is 13.1 Å². The second-order valence-corrected chi connectivity index (χ2v) is 5.34. The van der Waals surface area contributed by atoms with Gasteiger partial charge in [-0.1, -0.05) is 30.1 Å². The van der Waals surface area contributed by atoms with E-state index >= 15 is 0 Å². The highest BCUT2D eigenvalue weighted by atomic mass is 35.5. The zero-order valence-corrected chi connectivity index (χ0v) is 11.2. The first-order chi connectivity index (χ1) is 8.08. The molecule has 0 atom stereocenters. The zero-order valence-electron chi connectivity index (χ0n) is 9.70. The molecule has 0 amide bonds. The van der Waals surface area contributed by atoms with Crippen molar-refractivity contribution in [3.8, 4) is 0 Å². The van der Waals surface area contributed by atoms with E-state index in [0.29, 0.717) is 6.67 Å². The fourth-order valence-electron chi connectivity index (χ4n) is 1.94. The Morgan fingerprint density at radius 3 is 2.71 bits per heavy atom. The summed E-state index contributed by atoms with van der Waals surface area (Å²) in [6, 6.07) is 0. The molecule has 1 aliphatic rings. The van der Waals surface area contributed by atoms with Gasteiger partial charge in [0.15, 0.2) is 0 Å². The van der Waals surface area contributed by atoms with Crippen molar-refractivity contribution in [3.05, 3.63) is 26.6 Å². The highest BCUT2D eigenvalue weighted by Crippen LogP contribution is 2.17. The molecule has 1 aromatic heterocycles. The summed E-state index contributed by atoms with van der Waals surface area (Å²) in [5.41, 5.74) is -0.321. The molecule has 2 heterocycles. The third-order valence-corrected chi connectivity index (χ3v) is 3.90. The van der Waals surface area contributed by atoms with E-state index in [0.717, 1.165) is 31.8 Å². The Bertz CT molecular complexity index is 453. The summed E-state index contributed by atoms with van der Waals surface area (Å²) < 4.78 is 1.37. The van der Waals surface area contributed by atoms with E-state index in [1.807, 2.05) is 0 Å². The fraction of sp³-hybridized carbons (Fsp3) is 0.636. The predicted molar refractivity (Wildman–Crippen MR) is 68.5 cm³/mol. The highest BCUT2D eigenvalue weighted by Gasteiger charge is 2.17. The van der Waals surface area contributed by atoms with Crippen LogP contribution in [-0.2, 0) is 6.67 Å². The van der Waals surface area contributed by atoms with Crippen molar-refractivity contribution in [3.63, 3.8) is 0 Å². The average Bonchev–Trinajstić information content (AvgIpc) is 2.33. The molecule has 4 nitrogen and oxygen atoms in total. The largest absolute Gasteiger partial charge is 0.288 e. The number of halogens is 2. The zero-order chi connectivity index (χ0) is 12.4. The van der Waals surface area contributed by atoms with Gasteiger partial charge in [0.2, 0.25) is 0 Å². The van der Waals surface area contributed by atoms with Crippen LogP contribution in [0.15, 0.2) is 11.0 Å². The fourth-order valence-corrected chi connectivity index (χ4v) is 2.21. The third-order valence-electron chi connectivity index (χ3n) is 3.15. The van der Waals surface area contributed by atoms with Crippen LogP contribution in [0.2, 0.25) is 10.0 Å². The third kappa shape index (κ3) is 3.00. The smallest absolute Gasteiger partial charge is 0.284 e. The van der Waals surface area contributed by atoms with Crippen LogP contribution >= 0.6 is 23.2 Å². The van der Waals surface area contributed by atoms with Crippen LogP contribution < -0.4 is 5.56 Å². The first-order valence-corrected chi connectivity index (χ1v) is 6.47. The van der Waals surface area contributed by atoms with E-state index in [4.69, 9.17) is 23.2 Å². The maximum Gasteiger partial charge on any atom is 0.288 e. The Hall–Kier alpha value is -0.580. The topological polar surface area (TPSA) is 38.1 Å². The van der Waals surface area contributed by atoms with E-state index in [-0.39, 0.29) is 15.6 Å². The Labute approximate surface area is 110 Å². The number of hydrogen-bond donors (Lipinski definition) is 0. The monoisotopic (exact) mass is 275 g/mol. The van der Waals surface area contributed by atoms with E-state index in [1.165, 1.54) is 10.9 Å². The van der Waals surface area contributed by atoms with Gasteiger partial charge in [0.1, 0.15) is 5.02 Å². The quantitative estimate of drug-likeness (QED) is 0.831. The summed E-state index contributed by atoms with van der Waals surface area (Å²) in [7, 11) is 0. The maximum absolute atomic E-state index is 11.8. The second kappa shape index (κ2) is 5.38. The molecule has 0 bridgehead atoms. The minimum Gasteiger partial charge on any atom is -0.284 e. The maximum atomic E-state index is 11.8. The Balaban J connectivity index is 2.09. The van der Waals surface area contributed by atoms with Crippen molar-refractivity contribution < 1.29 is 0 Å². The van der Waals surface area contributed by atoms with Gasteiger partial charge in [-0.15, -0.1) is 0 Å². The number of piperidine rings is 1. The van der Waals surface area contributed by atoms with Crippen LogP contribution in [0.3, 0.4) is 0 Å². The lowest BCUT2D eigenvalue weighted by molar-refractivity contribution is 0.144. The minimum atomic E-state index is -0.321. The van der Waals surface area contributed by atoms with Gasteiger partial charge in [-0.2, -0.15) is 5.10 Å². The SMILES string of the molecule is CC1CCN(Cn2ncc(Cl)c(Cl)c2=O)CC1. The summed E-state index contributed by atoms with van der Waals surface area (Å²) in [6.45, 7) is 4.73. The van der Waals surface area contributed by atoms with Gasteiger partial charge in [0.05, 0.1) is 17.9 Å². The van der Waals surface area contributed by atoms with E-state index < -0.39 is 0 Å². The van der Waals surface area contributed by atoms with Gasteiger partial charge in [-0.05, 0) is 18.8 Å². The Morgan fingerprint density at radius 2 is 2.06 bits per heavy atom. The standard InChI is InChI=1S/C11H15Cl2N3O/c1-8-2-4-15(5-3-8)7-16-11(17)10(13)9(12)6-14-16/h6,8H,2-5,7H2,1H3. The summed E-state index contributed by atoms with van der Waals surface area (Å²) >= 11 is 11.5. The molecule has 1 fully saturated rings. The first kappa shape index (κ1) is 12.9. The molecule has 1 aliphatic heterocycles. The molecular formula is C11H15Cl2N3O. The number of aromatic nitrogens is 2. The summed E-state index contributed by atoms with van der Waals surface area (Å²) in [5, 5.41) is 4.25. The van der Waals surface area contributed by atoms with Gasteiger partial charge >= 0.3 is 0 Å².